The number of amides is 1. The Morgan fingerprint density at radius 2 is 1.77 bits per heavy atom. The fourth-order valence-electron chi connectivity index (χ4n) is 3.73. The van der Waals surface area contributed by atoms with Gasteiger partial charge in [0, 0.05) is 13.1 Å². The molecule has 0 radical (unpaired) electrons. The average Bonchev–Trinajstić information content (AvgIpc) is 2.98. The molecule has 7 heteroatoms. The number of aromatic nitrogens is 2. The first-order valence-corrected chi connectivity index (χ1v) is 10.4. The van der Waals surface area contributed by atoms with Crippen molar-refractivity contribution in [2.75, 3.05) is 13.2 Å². The summed E-state index contributed by atoms with van der Waals surface area (Å²) >= 11 is 0. The molecule has 3 rings (SSSR count). The molecule has 2 heterocycles. The molecule has 30 heavy (non-hydrogen) atoms. The number of carbonyl (C=O) groups is 2. The van der Waals surface area contributed by atoms with Crippen LogP contribution in [0.25, 0.3) is 0 Å². The van der Waals surface area contributed by atoms with Gasteiger partial charge in [-0.05, 0) is 52.7 Å². The Hall–Kier alpha value is -2.83. The lowest BCUT2D eigenvalue weighted by Gasteiger charge is -2.20. The molecule has 1 aromatic carbocycles. The van der Waals surface area contributed by atoms with E-state index in [0.29, 0.717) is 31.9 Å². The largest absolute Gasteiger partial charge is 0.465 e. The van der Waals surface area contributed by atoms with E-state index in [9.17, 15) is 9.59 Å². The minimum absolute atomic E-state index is 0.248. The maximum absolute atomic E-state index is 12.7. The summed E-state index contributed by atoms with van der Waals surface area (Å²) in [6, 6.07) is 8.05. The molecule has 0 saturated heterocycles. The predicted octanol–water partition coefficient (Wildman–Crippen LogP) is 3.88. The van der Waals surface area contributed by atoms with Crippen molar-refractivity contribution in [2.24, 2.45) is 0 Å². The van der Waals surface area contributed by atoms with Crippen molar-refractivity contribution in [2.45, 2.75) is 66.2 Å². The van der Waals surface area contributed by atoms with Gasteiger partial charge in [-0.3, -0.25) is 9.48 Å². The van der Waals surface area contributed by atoms with Crippen LogP contribution < -0.4 is 0 Å². The molecule has 0 unspecified atom stereocenters. The molecule has 0 saturated carbocycles. The van der Waals surface area contributed by atoms with E-state index in [4.69, 9.17) is 9.47 Å². The van der Waals surface area contributed by atoms with Crippen LogP contribution in [-0.4, -0.2) is 39.9 Å². The zero-order chi connectivity index (χ0) is 21.9. The zero-order valence-electron chi connectivity index (χ0n) is 18.5. The maximum Gasteiger partial charge on any atom is 0.410 e. The van der Waals surface area contributed by atoms with Gasteiger partial charge in [0.25, 0.3) is 0 Å². The second-order valence-electron chi connectivity index (χ2n) is 8.42. The summed E-state index contributed by atoms with van der Waals surface area (Å²) in [6.45, 7) is 11.7. The third kappa shape index (κ3) is 4.83. The Bertz CT molecular complexity index is 912. The highest BCUT2D eigenvalue weighted by atomic mass is 16.6. The van der Waals surface area contributed by atoms with Gasteiger partial charge in [-0.1, -0.05) is 29.3 Å². The summed E-state index contributed by atoms with van der Waals surface area (Å²) in [5.74, 6) is -0.303. The van der Waals surface area contributed by atoms with Gasteiger partial charge in [0.05, 0.1) is 24.5 Å². The molecule has 0 spiro atoms. The summed E-state index contributed by atoms with van der Waals surface area (Å²) in [5.41, 5.74) is 3.99. The van der Waals surface area contributed by atoms with E-state index in [0.717, 1.165) is 28.8 Å². The first kappa shape index (κ1) is 21.9. The molecule has 1 aliphatic rings. The van der Waals surface area contributed by atoms with Crippen LogP contribution in [0.5, 0.6) is 0 Å². The molecule has 1 amide bonds. The van der Waals surface area contributed by atoms with Crippen molar-refractivity contribution in [3.63, 3.8) is 0 Å². The van der Waals surface area contributed by atoms with Crippen LogP contribution in [0.3, 0.4) is 0 Å². The van der Waals surface area contributed by atoms with E-state index < -0.39 is 5.41 Å². The SMILES string of the molecule is CCOC(=O)C(C)(C)c1cc2n(n1)CCCN(C(=O)OCc1cc(C)cc(C)c1)C2. The number of esters is 1. The Balaban J connectivity index is 1.69. The van der Waals surface area contributed by atoms with Crippen LogP contribution in [-0.2, 0) is 39.4 Å². The van der Waals surface area contributed by atoms with E-state index in [1.165, 1.54) is 0 Å². The van der Waals surface area contributed by atoms with Crippen molar-refractivity contribution < 1.29 is 19.1 Å². The molecule has 0 N–H and O–H groups in total. The quantitative estimate of drug-likeness (QED) is 0.696. The highest BCUT2D eigenvalue weighted by Crippen LogP contribution is 2.26. The molecule has 0 atom stereocenters. The average molecular weight is 414 g/mol. The summed E-state index contributed by atoms with van der Waals surface area (Å²) in [4.78, 5) is 26.7. The summed E-state index contributed by atoms with van der Waals surface area (Å²) in [6.07, 6.45) is 0.432. The van der Waals surface area contributed by atoms with Crippen molar-refractivity contribution in [3.8, 4) is 0 Å². The fraction of sp³-hybridized carbons (Fsp3) is 0.522. The predicted molar refractivity (Wildman–Crippen MR) is 113 cm³/mol. The molecule has 1 aromatic heterocycles. The van der Waals surface area contributed by atoms with Gasteiger partial charge in [0.1, 0.15) is 12.0 Å². The number of ether oxygens (including phenoxy) is 2. The first-order valence-electron chi connectivity index (χ1n) is 10.4. The first-order chi connectivity index (χ1) is 14.2. The molecule has 162 valence electrons. The molecule has 1 aliphatic heterocycles. The zero-order valence-corrected chi connectivity index (χ0v) is 18.5. The van der Waals surface area contributed by atoms with Crippen molar-refractivity contribution in [1.82, 2.24) is 14.7 Å². The van der Waals surface area contributed by atoms with Gasteiger partial charge in [-0.2, -0.15) is 5.10 Å². The normalized spacial score (nSPS) is 14.1. The fourth-order valence-corrected chi connectivity index (χ4v) is 3.73. The molecular formula is C23H31N3O4. The van der Waals surface area contributed by atoms with Crippen molar-refractivity contribution >= 4 is 12.1 Å². The Kier molecular flexibility index (Phi) is 6.48. The number of hydrogen-bond acceptors (Lipinski definition) is 5. The van der Waals surface area contributed by atoms with E-state index in [2.05, 4.69) is 11.2 Å². The summed E-state index contributed by atoms with van der Waals surface area (Å²) in [5, 5.41) is 4.63. The van der Waals surface area contributed by atoms with E-state index in [1.54, 1.807) is 11.8 Å². The lowest BCUT2D eigenvalue weighted by atomic mass is 9.89. The standard InChI is InChI=1S/C23H31N3O4/c1-6-29-21(27)23(4,5)20-13-19-14-25(8-7-9-26(19)24-20)22(28)30-15-18-11-16(2)10-17(3)12-18/h10-13H,6-9,14-15H2,1-5H3. The van der Waals surface area contributed by atoms with Crippen LogP contribution in [0.1, 0.15) is 55.3 Å². The van der Waals surface area contributed by atoms with Crippen LogP contribution in [0.4, 0.5) is 4.79 Å². The van der Waals surface area contributed by atoms with Gasteiger partial charge in [0.15, 0.2) is 0 Å². The molecule has 0 aliphatic carbocycles. The third-order valence-electron chi connectivity index (χ3n) is 5.34. The van der Waals surface area contributed by atoms with E-state index in [1.807, 2.05) is 50.6 Å². The minimum Gasteiger partial charge on any atom is -0.465 e. The Morgan fingerprint density at radius 1 is 1.07 bits per heavy atom. The number of hydrogen-bond donors (Lipinski definition) is 0. The molecular weight excluding hydrogens is 382 g/mol. The number of nitrogens with zero attached hydrogens (tertiary/aromatic N) is 3. The topological polar surface area (TPSA) is 73.7 Å². The van der Waals surface area contributed by atoms with Gasteiger partial charge < -0.3 is 14.4 Å². The summed E-state index contributed by atoms with van der Waals surface area (Å²) < 4.78 is 12.7. The second-order valence-corrected chi connectivity index (χ2v) is 8.42. The lowest BCUT2D eigenvalue weighted by Crippen LogP contribution is -2.32. The van der Waals surface area contributed by atoms with Crippen LogP contribution in [0.2, 0.25) is 0 Å². The highest BCUT2D eigenvalue weighted by Gasteiger charge is 2.35. The number of rotatable bonds is 5. The minimum atomic E-state index is -0.844. The van der Waals surface area contributed by atoms with Crippen LogP contribution in [0.15, 0.2) is 24.3 Å². The smallest absolute Gasteiger partial charge is 0.410 e. The number of carbonyl (C=O) groups excluding carboxylic acids is 2. The van der Waals surface area contributed by atoms with Gasteiger partial charge in [0.2, 0.25) is 0 Å². The maximum atomic E-state index is 12.7. The number of benzene rings is 1. The van der Waals surface area contributed by atoms with Gasteiger partial charge >= 0.3 is 12.1 Å². The molecule has 0 bridgehead atoms. The van der Waals surface area contributed by atoms with E-state index >= 15 is 0 Å². The molecule has 2 aromatic rings. The van der Waals surface area contributed by atoms with Crippen LogP contribution >= 0.6 is 0 Å². The monoisotopic (exact) mass is 413 g/mol. The number of fused-ring (bicyclic) bond motifs is 1. The second kappa shape index (κ2) is 8.90. The Morgan fingerprint density at radius 3 is 2.43 bits per heavy atom. The molecule has 0 fully saturated rings. The summed E-state index contributed by atoms with van der Waals surface area (Å²) in [7, 11) is 0. The highest BCUT2D eigenvalue weighted by molar-refractivity contribution is 5.81. The molecule has 7 nitrogen and oxygen atoms in total. The number of aryl methyl sites for hydroxylation is 3. The van der Waals surface area contributed by atoms with Crippen molar-refractivity contribution in [3.05, 3.63) is 52.3 Å². The van der Waals surface area contributed by atoms with Gasteiger partial charge in [-0.15, -0.1) is 0 Å². The van der Waals surface area contributed by atoms with Gasteiger partial charge in [-0.25, -0.2) is 4.79 Å². The van der Waals surface area contributed by atoms with Crippen LogP contribution in [0, 0.1) is 13.8 Å². The third-order valence-corrected chi connectivity index (χ3v) is 5.34. The Labute approximate surface area is 178 Å². The lowest BCUT2D eigenvalue weighted by molar-refractivity contribution is -0.149. The van der Waals surface area contributed by atoms with Crippen molar-refractivity contribution in [1.29, 1.82) is 0 Å². The van der Waals surface area contributed by atoms with E-state index in [-0.39, 0.29) is 18.7 Å².